The first kappa shape index (κ1) is 7.60. The summed E-state index contributed by atoms with van der Waals surface area (Å²) in [6.45, 7) is 0. The predicted molar refractivity (Wildman–Crippen MR) is 47.4 cm³/mol. The summed E-state index contributed by atoms with van der Waals surface area (Å²) in [5.41, 5.74) is 1.05. The van der Waals surface area contributed by atoms with Crippen LogP contribution >= 0.6 is 0 Å². The van der Waals surface area contributed by atoms with E-state index in [-0.39, 0.29) is 10.5 Å². The number of fused-ring (bicyclic) bond motifs is 1. The average molecular weight is 176 g/mol. The monoisotopic (exact) mass is 176 g/mol. The molecule has 2 rings (SSSR count). The Kier molecular flexibility index (Phi) is 1.63. The van der Waals surface area contributed by atoms with Crippen molar-refractivity contribution < 1.29 is 4.86 Å². The normalized spacial score (nSPS) is 12.2. The molecular weight excluding hydrogens is 170 g/mol. The van der Waals surface area contributed by atoms with Gasteiger partial charge in [0.2, 0.25) is 0 Å². The van der Waals surface area contributed by atoms with E-state index in [1.165, 1.54) is 6.20 Å². The lowest BCUT2D eigenvalue weighted by atomic mass is 10.2. The van der Waals surface area contributed by atoms with Gasteiger partial charge in [-0.05, 0) is 17.4 Å². The van der Waals surface area contributed by atoms with Crippen molar-refractivity contribution in [1.29, 1.82) is 0 Å². The Hall–Kier alpha value is -2.04. The quantitative estimate of drug-likeness (QED) is 0.411. The Morgan fingerprint density at radius 2 is 2.08 bits per heavy atom. The Morgan fingerprint density at radius 1 is 1.31 bits per heavy atom. The lowest BCUT2D eigenvalue weighted by Gasteiger charge is -1.97. The highest BCUT2D eigenvalue weighted by molar-refractivity contribution is 5.88. The molecule has 5 nitrogen and oxygen atoms in total. The highest BCUT2D eigenvalue weighted by Crippen LogP contribution is 2.24. The van der Waals surface area contributed by atoms with Crippen molar-refractivity contribution in [3.8, 4) is 0 Å². The summed E-state index contributed by atoms with van der Waals surface area (Å²) in [6.07, 6.45) is 1.46. The zero-order valence-corrected chi connectivity index (χ0v) is 6.60. The molecule has 1 N–H and O–H groups in total. The van der Waals surface area contributed by atoms with Crippen molar-refractivity contribution in [2.24, 2.45) is 5.28 Å². The van der Waals surface area contributed by atoms with E-state index in [1.807, 2.05) is 12.1 Å². The molecule has 1 aromatic heterocycles. The lowest BCUT2D eigenvalue weighted by Crippen LogP contribution is -1.87. The summed E-state index contributed by atoms with van der Waals surface area (Å²) < 4.78 is 0. The molecule has 0 aliphatic rings. The number of aromatic nitrogens is 1. The number of aromatic amines is 1. The maximum absolute atomic E-state index is 10.9. The van der Waals surface area contributed by atoms with Gasteiger partial charge in [-0.25, -0.2) is 0 Å². The van der Waals surface area contributed by atoms with Crippen molar-refractivity contribution in [1.82, 2.24) is 4.98 Å². The summed E-state index contributed by atoms with van der Waals surface area (Å²) in [5, 5.41) is 23.9. The number of para-hydroxylation sites is 1. The van der Waals surface area contributed by atoms with Gasteiger partial charge in [-0.3, -0.25) is 0 Å². The Morgan fingerprint density at radius 3 is 2.85 bits per heavy atom. The van der Waals surface area contributed by atoms with Gasteiger partial charge in [0, 0.05) is 0 Å². The van der Waals surface area contributed by atoms with Crippen LogP contribution in [0, 0.1) is 10.4 Å². The minimum absolute atomic E-state index is 0.0544. The summed E-state index contributed by atoms with van der Waals surface area (Å²) in [4.78, 5) is 2.92. The average Bonchev–Trinajstić information content (AvgIpc) is 2.60. The first-order chi connectivity index (χ1) is 6.33. The second-order valence-electron chi connectivity index (χ2n) is 2.57. The zero-order chi connectivity index (χ0) is 9.26. The van der Waals surface area contributed by atoms with E-state index in [0.717, 1.165) is 5.52 Å². The van der Waals surface area contributed by atoms with E-state index < -0.39 is 0 Å². The highest BCUT2D eigenvalue weighted by Gasteiger charge is 2.09. The van der Waals surface area contributed by atoms with E-state index in [0.29, 0.717) is 5.39 Å². The van der Waals surface area contributed by atoms with Gasteiger partial charge in [-0.2, -0.15) is 0 Å². The topological polar surface area (TPSA) is 77.3 Å². The van der Waals surface area contributed by atoms with Gasteiger partial charge in [0.1, 0.15) is 0 Å². The summed E-state index contributed by atoms with van der Waals surface area (Å²) in [6, 6.07) is 7.19. The van der Waals surface area contributed by atoms with Crippen molar-refractivity contribution in [2.75, 3.05) is 0 Å². The van der Waals surface area contributed by atoms with E-state index in [9.17, 15) is 10.4 Å². The number of benzene rings is 1. The largest absolute Gasteiger partial charge is 0.739 e. The molecule has 0 aliphatic carbocycles. The fourth-order valence-corrected chi connectivity index (χ4v) is 1.26. The summed E-state index contributed by atoms with van der Waals surface area (Å²) in [5.74, 6) is 0. The molecule has 0 amide bonds. The molecule has 0 fully saturated rings. The molecule has 5 heteroatoms. The fourth-order valence-electron chi connectivity index (χ4n) is 1.26. The Balaban J connectivity index is 2.71. The number of nitrogens with one attached hydrogen (secondary N) is 1. The Bertz CT molecular complexity index is 461. The first-order valence-corrected chi connectivity index (χ1v) is 3.69. The lowest BCUT2D eigenvalue weighted by molar-refractivity contribution is -0.434. The minimum Gasteiger partial charge on any atom is -0.739 e. The summed E-state index contributed by atoms with van der Waals surface area (Å²) in [7, 11) is 0. The van der Waals surface area contributed by atoms with Crippen LogP contribution in [0.2, 0.25) is 0 Å². The number of hydrogen-bond donors (Lipinski definition) is 1. The maximum Gasteiger partial charge on any atom is 0.269 e. The number of hydrogen-bond acceptors (Lipinski definition) is 3. The van der Waals surface area contributed by atoms with Crippen molar-refractivity contribution in [3.63, 3.8) is 0 Å². The van der Waals surface area contributed by atoms with Crippen LogP contribution in [0.4, 0.5) is 5.69 Å². The smallest absolute Gasteiger partial charge is 0.269 e. The van der Waals surface area contributed by atoms with Gasteiger partial charge in [0.25, 0.3) is 5.69 Å². The molecule has 0 bridgehead atoms. The number of nitrogens with zero attached hydrogens (tertiary/aromatic N) is 2. The predicted octanol–water partition coefficient (Wildman–Crippen LogP) is 2.26. The molecule has 1 aromatic carbocycles. The van der Waals surface area contributed by atoms with E-state index in [2.05, 4.69) is 10.3 Å². The Labute approximate surface area is 73.5 Å². The maximum atomic E-state index is 10.9. The molecule has 0 atom stereocenters. The van der Waals surface area contributed by atoms with E-state index in [1.54, 1.807) is 12.1 Å². The van der Waals surface area contributed by atoms with Gasteiger partial charge < -0.3 is 15.4 Å². The molecular formula is C8H6N3O2-. The minimum atomic E-state index is 0.0544. The highest BCUT2D eigenvalue weighted by atomic mass is 16.6. The van der Waals surface area contributed by atoms with Crippen LogP contribution in [0.5, 0.6) is 0 Å². The van der Waals surface area contributed by atoms with Gasteiger partial charge in [-0.15, -0.1) is 0 Å². The molecule has 0 aliphatic heterocycles. The molecule has 66 valence electrons. The molecule has 0 spiro atoms. The third-order valence-corrected chi connectivity index (χ3v) is 1.85. The van der Waals surface area contributed by atoms with Crippen LogP contribution in [0.1, 0.15) is 0 Å². The van der Waals surface area contributed by atoms with Crippen LogP contribution in [0.15, 0.2) is 35.7 Å². The van der Waals surface area contributed by atoms with Gasteiger partial charge >= 0.3 is 0 Å². The standard InChI is InChI=1S/C8H7N3O2/c12-10-11(13)8-5-9-7-4-2-1-3-6(7)8/h1-5,9,12H/p-1/b11-10+. The van der Waals surface area contributed by atoms with Crippen LogP contribution in [-0.2, 0) is 0 Å². The molecule has 13 heavy (non-hydrogen) atoms. The first-order valence-electron chi connectivity index (χ1n) is 3.69. The van der Waals surface area contributed by atoms with Crippen LogP contribution in [0.25, 0.3) is 10.9 Å². The number of rotatable bonds is 1. The molecule has 0 unspecified atom stereocenters. The SMILES string of the molecule is [O-]/N=[N+](/[O-])c1c[nH]c2ccccc12. The zero-order valence-electron chi connectivity index (χ0n) is 6.60. The fraction of sp³-hybridized carbons (Fsp3) is 0. The van der Waals surface area contributed by atoms with Crippen LogP contribution in [0.3, 0.4) is 0 Å². The van der Waals surface area contributed by atoms with Crippen molar-refractivity contribution in [3.05, 3.63) is 40.9 Å². The van der Waals surface area contributed by atoms with Crippen molar-refractivity contribution >= 4 is 16.6 Å². The van der Waals surface area contributed by atoms with Gasteiger partial charge in [0.15, 0.2) is 0 Å². The van der Waals surface area contributed by atoms with Gasteiger partial charge in [-0.1, -0.05) is 17.0 Å². The third-order valence-electron chi connectivity index (χ3n) is 1.85. The number of H-pyrrole nitrogens is 1. The van der Waals surface area contributed by atoms with Gasteiger partial charge in [0.05, 0.1) is 17.1 Å². The molecule has 2 aromatic rings. The molecule has 0 saturated heterocycles. The second-order valence-corrected chi connectivity index (χ2v) is 2.57. The van der Waals surface area contributed by atoms with E-state index >= 15 is 0 Å². The molecule has 1 heterocycles. The van der Waals surface area contributed by atoms with E-state index in [4.69, 9.17) is 0 Å². The molecule has 0 radical (unpaired) electrons. The third kappa shape index (κ3) is 1.10. The van der Waals surface area contributed by atoms with Crippen molar-refractivity contribution in [2.45, 2.75) is 0 Å². The van der Waals surface area contributed by atoms with Crippen LogP contribution in [-0.4, -0.2) is 9.84 Å². The second kappa shape index (κ2) is 2.78. The summed E-state index contributed by atoms with van der Waals surface area (Å²) >= 11 is 0. The van der Waals surface area contributed by atoms with Crippen LogP contribution < -0.4 is 0 Å². The molecule has 0 saturated carbocycles.